The Bertz CT molecular complexity index is 801. The molecule has 0 aromatic heterocycles. The average molecular weight is 323 g/mol. The second-order valence-electron chi connectivity index (χ2n) is 4.89. The molecule has 0 aliphatic rings. The molecule has 5 heteroatoms. The fourth-order valence-electron chi connectivity index (χ4n) is 2.20. The maximum absolute atomic E-state index is 11.4. The standard InChI is InChI=1S/C19H17NO4/c1-3-24-18-9-4-13(11-17(18)19(21)22)10-15(12-20)14-5-7-16(23-2)8-6-14/h4-11H,3H2,1-2H3,(H,21,22)/b15-10+. The molecule has 0 radical (unpaired) electrons. The number of hydrogen-bond acceptors (Lipinski definition) is 4. The Morgan fingerprint density at radius 2 is 1.96 bits per heavy atom. The number of rotatable bonds is 6. The van der Waals surface area contributed by atoms with Crippen LogP contribution in [0.5, 0.6) is 11.5 Å². The van der Waals surface area contributed by atoms with E-state index in [9.17, 15) is 15.2 Å². The van der Waals surface area contributed by atoms with E-state index in [1.165, 1.54) is 6.07 Å². The van der Waals surface area contributed by atoms with Crippen LogP contribution < -0.4 is 9.47 Å². The monoisotopic (exact) mass is 323 g/mol. The zero-order valence-electron chi connectivity index (χ0n) is 13.4. The molecular formula is C19H17NO4. The van der Waals surface area contributed by atoms with Gasteiger partial charge in [0.25, 0.3) is 0 Å². The predicted octanol–water partition coefficient (Wildman–Crippen LogP) is 3.86. The van der Waals surface area contributed by atoms with E-state index >= 15 is 0 Å². The normalized spacial score (nSPS) is 10.8. The van der Waals surface area contributed by atoms with Crippen molar-refractivity contribution in [2.45, 2.75) is 6.92 Å². The molecule has 0 amide bonds. The molecule has 0 fully saturated rings. The lowest BCUT2D eigenvalue weighted by molar-refractivity contribution is 0.0692. The number of benzene rings is 2. The van der Waals surface area contributed by atoms with Gasteiger partial charge in [0.15, 0.2) is 0 Å². The summed E-state index contributed by atoms with van der Waals surface area (Å²) < 4.78 is 10.4. The Morgan fingerprint density at radius 1 is 1.25 bits per heavy atom. The summed E-state index contributed by atoms with van der Waals surface area (Å²) in [6.07, 6.45) is 1.64. The Kier molecular flexibility index (Phi) is 5.58. The summed E-state index contributed by atoms with van der Waals surface area (Å²) in [6.45, 7) is 2.17. The number of aromatic carboxylic acids is 1. The van der Waals surface area contributed by atoms with Gasteiger partial charge in [0.05, 0.1) is 25.4 Å². The van der Waals surface area contributed by atoms with Crippen molar-refractivity contribution in [1.29, 1.82) is 5.26 Å². The molecular weight excluding hydrogens is 306 g/mol. The molecule has 24 heavy (non-hydrogen) atoms. The van der Waals surface area contributed by atoms with E-state index < -0.39 is 5.97 Å². The number of nitrogens with zero attached hydrogens (tertiary/aromatic N) is 1. The number of carbonyl (C=O) groups is 1. The van der Waals surface area contributed by atoms with Gasteiger partial charge in [-0.2, -0.15) is 5.26 Å². The molecule has 0 aliphatic heterocycles. The second kappa shape index (κ2) is 7.84. The van der Waals surface area contributed by atoms with Gasteiger partial charge in [-0.15, -0.1) is 0 Å². The van der Waals surface area contributed by atoms with Gasteiger partial charge in [-0.05, 0) is 60.5 Å². The SMILES string of the molecule is CCOc1ccc(/C=C(\C#N)c2ccc(OC)cc2)cc1C(=O)O. The maximum atomic E-state index is 11.4. The summed E-state index contributed by atoms with van der Waals surface area (Å²) in [5, 5.41) is 18.7. The number of allylic oxidation sites excluding steroid dienone is 1. The molecule has 1 N–H and O–H groups in total. The fraction of sp³-hybridized carbons (Fsp3) is 0.158. The molecule has 2 rings (SSSR count). The lowest BCUT2D eigenvalue weighted by atomic mass is 10.0. The highest BCUT2D eigenvalue weighted by Crippen LogP contribution is 2.25. The van der Waals surface area contributed by atoms with Crippen molar-refractivity contribution >= 4 is 17.6 Å². The topological polar surface area (TPSA) is 79.5 Å². The van der Waals surface area contributed by atoms with Gasteiger partial charge in [-0.3, -0.25) is 0 Å². The van der Waals surface area contributed by atoms with Gasteiger partial charge < -0.3 is 14.6 Å². The van der Waals surface area contributed by atoms with Crippen LogP contribution in [0.1, 0.15) is 28.4 Å². The number of carboxylic acid groups (broad SMARTS) is 1. The zero-order chi connectivity index (χ0) is 17.5. The van der Waals surface area contributed by atoms with Crippen molar-refractivity contribution in [3.8, 4) is 17.6 Å². The van der Waals surface area contributed by atoms with E-state index in [2.05, 4.69) is 6.07 Å². The van der Waals surface area contributed by atoms with Crippen LogP contribution in [0.3, 0.4) is 0 Å². The lowest BCUT2D eigenvalue weighted by Gasteiger charge is -2.08. The van der Waals surface area contributed by atoms with Crippen LogP contribution in [0.25, 0.3) is 11.6 Å². The van der Waals surface area contributed by atoms with Crippen LogP contribution in [-0.4, -0.2) is 24.8 Å². The van der Waals surface area contributed by atoms with Crippen molar-refractivity contribution in [3.63, 3.8) is 0 Å². The van der Waals surface area contributed by atoms with E-state index in [4.69, 9.17) is 9.47 Å². The van der Waals surface area contributed by atoms with Crippen LogP contribution >= 0.6 is 0 Å². The average Bonchev–Trinajstić information content (AvgIpc) is 2.61. The van der Waals surface area contributed by atoms with Crippen molar-refractivity contribution in [2.75, 3.05) is 13.7 Å². The van der Waals surface area contributed by atoms with Crippen molar-refractivity contribution in [3.05, 3.63) is 59.2 Å². The third kappa shape index (κ3) is 3.93. The quantitative estimate of drug-likeness (QED) is 0.645. The first kappa shape index (κ1) is 17.1. The van der Waals surface area contributed by atoms with Crippen LogP contribution in [0.2, 0.25) is 0 Å². The molecule has 0 heterocycles. The highest BCUT2D eigenvalue weighted by molar-refractivity contribution is 5.94. The minimum absolute atomic E-state index is 0.0672. The third-order valence-corrected chi connectivity index (χ3v) is 3.37. The fourth-order valence-corrected chi connectivity index (χ4v) is 2.20. The molecule has 0 spiro atoms. The molecule has 0 saturated heterocycles. The zero-order valence-corrected chi connectivity index (χ0v) is 13.4. The number of ether oxygens (including phenoxy) is 2. The Labute approximate surface area is 140 Å². The van der Waals surface area contributed by atoms with Crippen LogP contribution in [0.4, 0.5) is 0 Å². The van der Waals surface area contributed by atoms with Gasteiger partial charge in [-0.1, -0.05) is 6.07 Å². The lowest BCUT2D eigenvalue weighted by Crippen LogP contribution is -2.03. The second-order valence-corrected chi connectivity index (χ2v) is 4.89. The molecule has 2 aromatic carbocycles. The maximum Gasteiger partial charge on any atom is 0.339 e. The van der Waals surface area contributed by atoms with Crippen molar-refractivity contribution < 1.29 is 19.4 Å². The van der Waals surface area contributed by atoms with E-state index in [0.717, 1.165) is 5.56 Å². The first-order valence-electron chi connectivity index (χ1n) is 7.35. The minimum Gasteiger partial charge on any atom is -0.497 e. The van der Waals surface area contributed by atoms with Gasteiger partial charge in [0.1, 0.15) is 17.1 Å². The van der Waals surface area contributed by atoms with Crippen molar-refractivity contribution in [1.82, 2.24) is 0 Å². The molecule has 2 aromatic rings. The molecule has 0 aliphatic carbocycles. The van der Waals surface area contributed by atoms with Crippen LogP contribution in [-0.2, 0) is 0 Å². The van der Waals surface area contributed by atoms with E-state index in [1.807, 2.05) is 0 Å². The number of carboxylic acids is 1. The summed E-state index contributed by atoms with van der Waals surface area (Å²) in [6, 6.07) is 14.0. The number of methoxy groups -OCH3 is 1. The Balaban J connectivity index is 2.41. The van der Waals surface area contributed by atoms with Crippen LogP contribution in [0.15, 0.2) is 42.5 Å². The Hall–Kier alpha value is -3.26. The molecule has 0 saturated carbocycles. The summed E-state index contributed by atoms with van der Waals surface area (Å²) >= 11 is 0. The van der Waals surface area contributed by atoms with Gasteiger partial charge in [-0.25, -0.2) is 4.79 Å². The van der Waals surface area contributed by atoms with E-state index in [-0.39, 0.29) is 5.56 Å². The van der Waals surface area contributed by atoms with Gasteiger partial charge >= 0.3 is 5.97 Å². The Morgan fingerprint density at radius 3 is 2.50 bits per heavy atom. The van der Waals surface area contributed by atoms with E-state index in [0.29, 0.717) is 29.2 Å². The minimum atomic E-state index is -1.07. The molecule has 5 nitrogen and oxygen atoms in total. The van der Waals surface area contributed by atoms with E-state index in [1.54, 1.807) is 56.5 Å². The predicted molar refractivity (Wildman–Crippen MR) is 91.0 cm³/mol. The van der Waals surface area contributed by atoms with Crippen molar-refractivity contribution in [2.24, 2.45) is 0 Å². The first-order chi connectivity index (χ1) is 11.6. The molecule has 122 valence electrons. The molecule has 0 bridgehead atoms. The smallest absolute Gasteiger partial charge is 0.339 e. The summed E-state index contributed by atoms with van der Waals surface area (Å²) in [5.74, 6) is -0.0629. The highest BCUT2D eigenvalue weighted by Gasteiger charge is 2.12. The summed E-state index contributed by atoms with van der Waals surface area (Å²) in [5.41, 5.74) is 1.84. The first-order valence-corrected chi connectivity index (χ1v) is 7.35. The third-order valence-electron chi connectivity index (χ3n) is 3.37. The largest absolute Gasteiger partial charge is 0.497 e. The van der Waals surface area contributed by atoms with Gasteiger partial charge in [0.2, 0.25) is 0 Å². The summed E-state index contributed by atoms with van der Waals surface area (Å²) in [7, 11) is 1.57. The number of nitriles is 1. The highest BCUT2D eigenvalue weighted by atomic mass is 16.5. The molecule has 0 unspecified atom stereocenters. The number of hydrogen-bond donors (Lipinski definition) is 1. The van der Waals surface area contributed by atoms with Crippen LogP contribution in [0, 0.1) is 11.3 Å². The van der Waals surface area contributed by atoms with Gasteiger partial charge in [0, 0.05) is 0 Å². The molecule has 0 atom stereocenters. The summed E-state index contributed by atoms with van der Waals surface area (Å²) in [4.78, 5) is 11.4.